The molecule has 4 aliphatic rings. The molecule has 0 spiro atoms. The summed E-state index contributed by atoms with van der Waals surface area (Å²) in [6, 6.07) is 0. The molecule has 4 saturated carbocycles. The van der Waals surface area contributed by atoms with Crippen LogP contribution in [-0.2, 0) is 14.3 Å². The van der Waals surface area contributed by atoms with E-state index in [9.17, 15) is 14.7 Å². The SMILES string of the molecule is CC(C)CNC(=O)[C@H](C)OC(=O)C12C[C@@H]3C[C@@H](CC(O)(C3)C1)C2. The van der Waals surface area contributed by atoms with Crippen molar-refractivity contribution in [3.05, 3.63) is 0 Å². The Balaban J connectivity index is 1.63. The molecule has 4 rings (SSSR count). The Morgan fingerprint density at radius 2 is 1.78 bits per heavy atom. The van der Waals surface area contributed by atoms with Crippen LogP contribution in [0.3, 0.4) is 0 Å². The maximum atomic E-state index is 12.8. The lowest BCUT2D eigenvalue weighted by Gasteiger charge is -2.58. The zero-order chi connectivity index (χ0) is 16.8. The lowest BCUT2D eigenvalue weighted by atomic mass is 9.48. The van der Waals surface area contributed by atoms with E-state index in [-0.39, 0.29) is 11.9 Å². The van der Waals surface area contributed by atoms with Gasteiger partial charge in [-0.05, 0) is 63.2 Å². The van der Waals surface area contributed by atoms with Gasteiger partial charge in [0, 0.05) is 6.54 Å². The predicted molar refractivity (Wildman–Crippen MR) is 85.5 cm³/mol. The summed E-state index contributed by atoms with van der Waals surface area (Å²) in [5.74, 6) is 0.699. The summed E-state index contributed by atoms with van der Waals surface area (Å²) in [5, 5.41) is 13.5. The average molecular weight is 323 g/mol. The number of ether oxygens (including phenoxy) is 1. The van der Waals surface area contributed by atoms with Crippen molar-refractivity contribution in [2.24, 2.45) is 23.2 Å². The number of carbonyl (C=O) groups excluding carboxylic acids is 2. The van der Waals surface area contributed by atoms with Crippen molar-refractivity contribution in [3.8, 4) is 0 Å². The van der Waals surface area contributed by atoms with E-state index in [4.69, 9.17) is 4.74 Å². The summed E-state index contributed by atoms with van der Waals surface area (Å²) in [6.07, 6.45) is 4.12. The normalized spacial score (nSPS) is 39.3. The molecule has 4 bridgehead atoms. The van der Waals surface area contributed by atoms with E-state index in [2.05, 4.69) is 5.32 Å². The van der Waals surface area contributed by atoms with Crippen molar-refractivity contribution in [1.82, 2.24) is 5.32 Å². The van der Waals surface area contributed by atoms with Crippen LogP contribution in [0.15, 0.2) is 0 Å². The van der Waals surface area contributed by atoms with Crippen LogP contribution in [0.4, 0.5) is 0 Å². The summed E-state index contributed by atoms with van der Waals surface area (Å²) >= 11 is 0. The highest BCUT2D eigenvalue weighted by molar-refractivity contribution is 5.85. The molecule has 2 N–H and O–H groups in total. The van der Waals surface area contributed by atoms with Crippen LogP contribution in [-0.4, -0.2) is 35.2 Å². The van der Waals surface area contributed by atoms with Gasteiger partial charge in [-0.3, -0.25) is 9.59 Å². The topological polar surface area (TPSA) is 75.6 Å². The van der Waals surface area contributed by atoms with E-state index < -0.39 is 17.1 Å². The van der Waals surface area contributed by atoms with Gasteiger partial charge < -0.3 is 15.2 Å². The van der Waals surface area contributed by atoms with Gasteiger partial charge in [-0.25, -0.2) is 0 Å². The molecule has 5 atom stereocenters. The minimum atomic E-state index is -0.774. The molecule has 0 heterocycles. The summed E-state index contributed by atoms with van der Waals surface area (Å²) in [4.78, 5) is 24.8. The molecule has 4 fully saturated rings. The predicted octanol–water partition coefficient (Wildman–Crippen LogP) is 2.02. The highest BCUT2D eigenvalue weighted by atomic mass is 16.5. The van der Waals surface area contributed by atoms with Crippen LogP contribution >= 0.6 is 0 Å². The fourth-order valence-corrected chi connectivity index (χ4v) is 5.24. The van der Waals surface area contributed by atoms with Crippen molar-refractivity contribution in [2.45, 2.75) is 71.0 Å². The van der Waals surface area contributed by atoms with Crippen LogP contribution < -0.4 is 5.32 Å². The fourth-order valence-electron chi connectivity index (χ4n) is 5.24. The van der Waals surface area contributed by atoms with Crippen LogP contribution in [0, 0.1) is 23.2 Å². The summed E-state index contributed by atoms with van der Waals surface area (Å²) < 4.78 is 5.51. The lowest BCUT2D eigenvalue weighted by molar-refractivity contribution is -0.200. The molecule has 5 nitrogen and oxygen atoms in total. The van der Waals surface area contributed by atoms with E-state index in [1.165, 1.54) is 0 Å². The maximum Gasteiger partial charge on any atom is 0.312 e. The number of amides is 1. The molecule has 4 aliphatic carbocycles. The first-order valence-corrected chi connectivity index (χ1v) is 8.93. The van der Waals surface area contributed by atoms with Gasteiger partial charge in [-0.1, -0.05) is 13.8 Å². The number of nitrogens with one attached hydrogen (secondary N) is 1. The Morgan fingerprint density at radius 3 is 2.30 bits per heavy atom. The highest BCUT2D eigenvalue weighted by Crippen LogP contribution is 2.62. The first kappa shape index (κ1) is 16.7. The molecule has 0 aromatic carbocycles. The molecule has 5 heteroatoms. The number of aliphatic hydroxyl groups is 1. The summed E-state index contributed by atoms with van der Waals surface area (Å²) in [6.45, 7) is 6.25. The monoisotopic (exact) mass is 323 g/mol. The number of carbonyl (C=O) groups is 2. The molecular weight excluding hydrogens is 294 g/mol. The quantitative estimate of drug-likeness (QED) is 0.759. The van der Waals surface area contributed by atoms with Gasteiger partial charge in [0.2, 0.25) is 0 Å². The molecule has 0 radical (unpaired) electrons. The van der Waals surface area contributed by atoms with Crippen LogP contribution in [0.2, 0.25) is 0 Å². The second kappa shape index (κ2) is 5.76. The smallest absolute Gasteiger partial charge is 0.312 e. The van der Waals surface area contributed by atoms with E-state index in [0.29, 0.717) is 30.7 Å². The number of hydrogen-bond acceptors (Lipinski definition) is 4. The Morgan fingerprint density at radius 1 is 1.17 bits per heavy atom. The highest BCUT2D eigenvalue weighted by Gasteiger charge is 2.61. The molecule has 0 aromatic rings. The zero-order valence-corrected chi connectivity index (χ0v) is 14.4. The summed E-state index contributed by atoms with van der Waals surface area (Å²) in [5.41, 5.74) is -1.25. The van der Waals surface area contributed by atoms with Crippen LogP contribution in [0.1, 0.15) is 59.3 Å². The Kier molecular flexibility index (Phi) is 4.20. The Bertz CT molecular complexity index is 487. The molecule has 23 heavy (non-hydrogen) atoms. The third-order valence-corrected chi connectivity index (χ3v) is 5.80. The third-order valence-electron chi connectivity index (χ3n) is 5.80. The van der Waals surface area contributed by atoms with E-state index in [0.717, 1.165) is 32.1 Å². The van der Waals surface area contributed by atoms with Gasteiger partial charge in [-0.2, -0.15) is 0 Å². The second-order valence-corrected chi connectivity index (χ2v) is 8.65. The molecule has 0 aromatic heterocycles. The van der Waals surface area contributed by atoms with Gasteiger partial charge in [0.15, 0.2) is 6.10 Å². The van der Waals surface area contributed by atoms with E-state index >= 15 is 0 Å². The lowest BCUT2D eigenvalue weighted by Crippen LogP contribution is -2.59. The van der Waals surface area contributed by atoms with Crippen LogP contribution in [0.5, 0.6) is 0 Å². The molecule has 130 valence electrons. The van der Waals surface area contributed by atoms with Crippen molar-refractivity contribution < 1.29 is 19.4 Å². The molecular formula is C18H29NO4. The maximum absolute atomic E-state index is 12.8. The average Bonchev–Trinajstić information content (AvgIpc) is 2.41. The standard InChI is InChI=1S/C18H29NO4/c1-11(2)9-19-15(20)12(3)23-16(21)17-5-13-4-14(6-17)8-18(22,7-13)10-17/h11-14,22H,4-10H2,1-3H3,(H,19,20)/t12-,13-,14+,17?,18?/m0/s1. The second-order valence-electron chi connectivity index (χ2n) is 8.65. The Hall–Kier alpha value is -1.10. The van der Waals surface area contributed by atoms with E-state index in [1.807, 2.05) is 13.8 Å². The van der Waals surface area contributed by atoms with E-state index in [1.54, 1.807) is 6.92 Å². The van der Waals surface area contributed by atoms with Crippen molar-refractivity contribution in [2.75, 3.05) is 6.54 Å². The fraction of sp³-hybridized carbons (Fsp3) is 0.889. The number of hydrogen-bond donors (Lipinski definition) is 2. The molecule has 0 aliphatic heterocycles. The number of rotatable bonds is 5. The van der Waals surface area contributed by atoms with Crippen molar-refractivity contribution in [3.63, 3.8) is 0 Å². The zero-order valence-electron chi connectivity index (χ0n) is 14.4. The molecule has 0 saturated heterocycles. The largest absolute Gasteiger partial charge is 0.452 e. The van der Waals surface area contributed by atoms with Crippen molar-refractivity contribution in [1.29, 1.82) is 0 Å². The van der Waals surface area contributed by atoms with Gasteiger partial charge in [0.25, 0.3) is 5.91 Å². The minimum absolute atomic E-state index is 0.240. The van der Waals surface area contributed by atoms with Crippen molar-refractivity contribution >= 4 is 11.9 Å². The van der Waals surface area contributed by atoms with Gasteiger partial charge >= 0.3 is 5.97 Å². The number of esters is 1. The summed E-state index contributed by atoms with van der Waals surface area (Å²) in [7, 11) is 0. The van der Waals surface area contributed by atoms with Gasteiger partial charge in [0.1, 0.15) is 0 Å². The molecule has 2 unspecified atom stereocenters. The minimum Gasteiger partial charge on any atom is -0.452 e. The van der Waals surface area contributed by atoms with Gasteiger partial charge in [-0.15, -0.1) is 0 Å². The van der Waals surface area contributed by atoms with Crippen LogP contribution in [0.25, 0.3) is 0 Å². The first-order valence-electron chi connectivity index (χ1n) is 8.93. The van der Waals surface area contributed by atoms with Gasteiger partial charge in [0.05, 0.1) is 11.0 Å². The third kappa shape index (κ3) is 3.25. The first-order chi connectivity index (χ1) is 10.7. The Labute approximate surface area is 138 Å². The molecule has 1 amide bonds.